The number of nitriles is 1. The molecular formula is C10H14N4O. The summed E-state index contributed by atoms with van der Waals surface area (Å²) in [5.74, 6) is 4.42. The average molecular weight is 206 g/mol. The summed E-state index contributed by atoms with van der Waals surface area (Å²) in [4.78, 5) is 11.1. The van der Waals surface area contributed by atoms with Gasteiger partial charge in [0.05, 0.1) is 17.2 Å². The highest BCUT2D eigenvalue weighted by atomic mass is 16.2. The van der Waals surface area contributed by atoms with Crippen molar-refractivity contribution in [2.24, 2.45) is 5.84 Å². The molecule has 15 heavy (non-hydrogen) atoms. The van der Waals surface area contributed by atoms with Gasteiger partial charge in [-0.15, -0.1) is 0 Å². The quantitative estimate of drug-likeness (QED) is 0.273. The van der Waals surface area contributed by atoms with Crippen molar-refractivity contribution in [2.75, 3.05) is 5.73 Å². The van der Waals surface area contributed by atoms with Crippen molar-refractivity contribution in [3.8, 4) is 6.07 Å². The Bertz CT molecular complexity index is 381. The zero-order chi connectivity index (χ0) is 11.8. The molecule has 0 unspecified atom stereocenters. The van der Waals surface area contributed by atoms with E-state index >= 15 is 0 Å². The summed E-state index contributed by atoms with van der Waals surface area (Å²) in [7, 11) is 0. The lowest BCUT2D eigenvalue weighted by molar-refractivity contribution is 0.0954. The van der Waals surface area contributed by atoms with Crippen LogP contribution in [0.2, 0.25) is 0 Å². The molecule has 80 valence electrons. The van der Waals surface area contributed by atoms with Crippen LogP contribution in [0.15, 0.2) is 18.2 Å². The van der Waals surface area contributed by atoms with Gasteiger partial charge >= 0.3 is 0 Å². The molecule has 0 atom stereocenters. The number of nitrogens with two attached hydrogens (primary N) is 2. The van der Waals surface area contributed by atoms with Crippen LogP contribution in [0.5, 0.6) is 0 Å². The topological polar surface area (TPSA) is 105 Å². The predicted molar refractivity (Wildman–Crippen MR) is 58.6 cm³/mol. The normalized spacial score (nSPS) is 8.13. The molecule has 1 aromatic carbocycles. The summed E-state index contributed by atoms with van der Waals surface area (Å²) >= 11 is 0. The predicted octanol–water partition coefficient (Wildman–Crippen LogP) is 0.770. The summed E-state index contributed by atoms with van der Waals surface area (Å²) in [6.07, 6.45) is 0. The largest absolute Gasteiger partial charge is 0.398 e. The number of rotatable bonds is 1. The Labute approximate surface area is 88.7 Å². The Morgan fingerprint density at radius 3 is 2.53 bits per heavy atom. The first-order valence-electron chi connectivity index (χ1n) is 4.49. The van der Waals surface area contributed by atoms with Gasteiger partial charge in [0.1, 0.15) is 0 Å². The van der Waals surface area contributed by atoms with E-state index in [-0.39, 0.29) is 5.56 Å². The van der Waals surface area contributed by atoms with Crippen molar-refractivity contribution in [2.45, 2.75) is 13.8 Å². The van der Waals surface area contributed by atoms with Crippen molar-refractivity contribution in [3.63, 3.8) is 0 Å². The second-order valence-electron chi connectivity index (χ2n) is 2.39. The Hall–Kier alpha value is -2.06. The summed E-state index contributed by atoms with van der Waals surface area (Å²) in [5.41, 5.74) is 8.31. The van der Waals surface area contributed by atoms with E-state index in [1.807, 2.05) is 25.3 Å². The third-order valence-electron chi connectivity index (χ3n) is 1.56. The Morgan fingerprint density at radius 1 is 1.47 bits per heavy atom. The van der Waals surface area contributed by atoms with Gasteiger partial charge < -0.3 is 5.73 Å². The van der Waals surface area contributed by atoms with Crippen LogP contribution < -0.4 is 17.0 Å². The van der Waals surface area contributed by atoms with Crippen LogP contribution in [0.1, 0.15) is 29.8 Å². The molecule has 0 radical (unpaired) electrons. The van der Waals surface area contributed by atoms with Crippen LogP contribution in [0.25, 0.3) is 0 Å². The van der Waals surface area contributed by atoms with Crippen LogP contribution >= 0.6 is 0 Å². The third kappa shape index (κ3) is 3.29. The Balaban J connectivity index is 0.000000921. The highest BCUT2D eigenvalue weighted by molar-refractivity contribution is 5.99. The van der Waals surface area contributed by atoms with E-state index in [0.717, 1.165) is 0 Å². The molecule has 5 N–H and O–H groups in total. The average Bonchev–Trinajstić information content (AvgIpc) is 2.31. The highest BCUT2D eigenvalue weighted by Gasteiger charge is 2.08. The molecular weight excluding hydrogens is 192 g/mol. The van der Waals surface area contributed by atoms with Gasteiger partial charge in [0.15, 0.2) is 0 Å². The fourth-order valence-electron chi connectivity index (χ4n) is 0.900. The van der Waals surface area contributed by atoms with Crippen LogP contribution in [0.3, 0.4) is 0 Å². The van der Waals surface area contributed by atoms with E-state index in [2.05, 4.69) is 0 Å². The summed E-state index contributed by atoms with van der Waals surface area (Å²) in [6.45, 7) is 4.00. The lowest BCUT2D eigenvalue weighted by Crippen LogP contribution is -2.30. The maximum absolute atomic E-state index is 11.1. The van der Waals surface area contributed by atoms with E-state index in [4.69, 9.17) is 16.8 Å². The van der Waals surface area contributed by atoms with Gasteiger partial charge in [0.2, 0.25) is 0 Å². The second kappa shape index (κ2) is 6.40. The Kier molecular flexibility index (Phi) is 5.52. The van der Waals surface area contributed by atoms with Crippen molar-refractivity contribution >= 4 is 11.6 Å². The molecule has 1 aromatic rings. The highest BCUT2D eigenvalue weighted by Crippen LogP contribution is 2.12. The van der Waals surface area contributed by atoms with Gasteiger partial charge in [0, 0.05) is 5.69 Å². The van der Waals surface area contributed by atoms with Crippen LogP contribution in [-0.4, -0.2) is 5.91 Å². The van der Waals surface area contributed by atoms with Gasteiger partial charge in [-0.3, -0.25) is 10.2 Å². The van der Waals surface area contributed by atoms with Gasteiger partial charge in [-0.2, -0.15) is 5.26 Å². The minimum Gasteiger partial charge on any atom is -0.398 e. The van der Waals surface area contributed by atoms with Crippen molar-refractivity contribution < 1.29 is 4.79 Å². The molecule has 0 heterocycles. The molecule has 5 nitrogen and oxygen atoms in total. The summed E-state index contributed by atoms with van der Waals surface area (Å²) in [6, 6.07) is 6.30. The van der Waals surface area contributed by atoms with Crippen LogP contribution in [-0.2, 0) is 0 Å². The lowest BCUT2D eigenvalue weighted by Gasteiger charge is -2.03. The molecule has 1 amide bonds. The lowest BCUT2D eigenvalue weighted by atomic mass is 10.1. The number of anilines is 1. The number of nitrogens with zero attached hydrogens (tertiary/aromatic N) is 1. The maximum atomic E-state index is 11.1. The monoisotopic (exact) mass is 206 g/mol. The molecule has 0 aliphatic carbocycles. The number of amides is 1. The fraction of sp³-hybridized carbons (Fsp3) is 0.200. The van der Waals surface area contributed by atoms with E-state index in [0.29, 0.717) is 11.3 Å². The summed E-state index contributed by atoms with van der Waals surface area (Å²) < 4.78 is 0. The Morgan fingerprint density at radius 2 is 2.07 bits per heavy atom. The second-order valence-corrected chi connectivity index (χ2v) is 2.39. The molecule has 5 heteroatoms. The first kappa shape index (κ1) is 12.9. The number of carbonyl (C=O) groups excluding carboxylic acids is 1. The van der Waals surface area contributed by atoms with E-state index in [1.165, 1.54) is 18.2 Å². The van der Waals surface area contributed by atoms with Gasteiger partial charge in [-0.25, -0.2) is 5.84 Å². The van der Waals surface area contributed by atoms with Gasteiger partial charge in [-0.1, -0.05) is 13.8 Å². The number of carbonyl (C=O) groups is 1. The molecule has 0 bridgehead atoms. The summed E-state index contributed by atoms with van der Waals surface area (Å²) in [5, 5.41) is 8.55. The molecule has 0 saturated heterocycles. The van der Waals surface area contributed by atoms with Crippen molar-refractivity contribution in [1.82, 2.24) is 5.43 Å². The van der Waals surface area contributed by atoms with Gasteiger partial charge in [0.25, 0.3) is 5.91 Å². The SMILES string of the molecule is CC.N#Cc1ccc(N)c(C(=O)NN)c1. The number of hydrogen-bond acceptors (Lipinski definition) is 4. The van der Waals surface area contributed by atoms with E-state index in [9.17, 15) is 4.79 Å². The standard InChI is InChI=1S/C8H8N4O.C2H6/c9-4-5-1-2-7(10)6(3-5)8(13)12-11;1-2/h1-3H,10-11H2,(H,12,13);1-2H3. The molecule has 0 aliphatic heterocycles. The van der Waals surface area contributed by atoms with E-state index in [1.54, 1.807) is 0 Å². The van der Waals surface area contributed by atoms with Crippen molar-refractivity contribution in [1.29, 1.82) is 5.26 Å². The number of nitrogens with one attached hydrogen (secondary N) is 1. The molecule has 0 saturated carbocycles. The molecule has 1 rings (SSSR count). The first-order valence-corrected chi connectivity index (χ1v) is 4.49. The number of benzene rings is 1. The maximum Gasteiger partial charge on any atom is 0.267 e. The number of nitrogen functional groups attached to an aromatic ring is 2. The van der Waals surface area contributed by atoms with Crippen molar-refractivity contribution in [3.05, 3.63) is 29.3 Å². The third-order valence-corrected chi connectivity index (χ3v) is 1.56. The van der Waals surface area contributed by atoms with Gasteiger partial charge in [-0.05, 0) is 18.2 Å². The number of hydrazine groups is 1. The molecule has 0 spiro atoms. The zero-order valence-corrected chi connectivity index (χ0v) is 8.74. The first-order chi connectivity index (χ1) is 7.19. The molecule has 0 fully saturated rings. The molecule has 0 aliphatic rings. The minimum absolute atomic E-state index is 0.210. The zero-order valence-electron chi connectivity index (χ0n) is 8.74. The number of hydrogen-bond donors (Lipinski definition) is 3. The molecule has 0 aromatic heterocycles. The van der Waals surface area contributed by atoms with Crippen LogP contribution in [0.4, 0.5) is 5.69 Å². The smallest absolute Gasteiger partial charge is 0.267 e. The fourth-order valence-corrected chi connectivity index (χ4v) is 0.900. The van der Waals surface area contributed by atoms with Crippen LogP contribution in [0, 0.1) is 11.3 Å². The van der Waals surface area contributed by atoms with E-state index < -0.39 is 5.91 Å². The minimum atomic E-state index is -0.505.